The van der Waals surface area contributed by atoms with Crippen LogP contribution in [0.1, 0.15) is 44.2 Å². The van der Waals surface area contributed by atoms with Crippen molar-refractivity contribution < 1.29 is 0 Å². The fourth-order valence-corrected chi connectivity index (χ4v) is 5.18. The van der Waals surface area contributed by atoms with E-state index < -0.39 is 0 Å². The maximum absolute atomic E-state index is 8.92. The molecule has 2 aliphatic heterocycles. The lowest BCUT2D eigenvalue weighted by atomic mass is 9.77. The van der Waals surface area contributed by atoms with Gasteiger partial charge < -0.3 is 16.0 Å². The van der Waals surface area contributed by atoms with E-state index in [2.05, 4.69) is 37.3 Å². The summed E-state index contributed by atoms with van der Waals surface area (Å²) in [5, 5.41) is 31.1. The highest BCUT2D eigenvalue weighted by Gasteiger charge is 2.35. The van der Waals surface area contributed by atoms with Gasteiger partial charge in [-0.1, -0.05) is 0 Å². The van der Waals surface area contributed by atoms with E-state index in [9.17, 15) is 0 Å². The van der Waals surface area contributed by atoms with Crippen LogP contribution >= 0.6 is 0 Å². The number of fused-ring (bicyclic) bond motifs is 2. The molecule has 0 aliphatic carbocycles. The molecule has 33 heavy (non-hydrogen) atoms. The summed E-state index contributed by atoms with van der Waals surface area (Å²) >= 11 is 0. The molecule has 2 fully saturated rings. The first-order valence-corrected chi connectivity index (χ1v) is 11.6. The maximum Gasteiger partial charge on any atom is 0.225 e. The Kier molecular flexibility index (Phi) is 5.96. The standard InChI is InChI=1S/C23H30N10/c1-14-6-22(32-31-14)29-21-11-20(16-12-25-33(2)13-16)28-23(30-21)27-19-9-17-7-15(4-3-5-24)8-18(10-19)26-17/h6,11-13,15,17-19,26H,3-4,7-10H2,1-2H3,(H3,27,28,29,30,31,32). The van der Waals surface area contributed by atoms with Crippen LogP contribution in [0.3, 0.4) is 0 Å². The molecule has 0 radical (unpaired) electrons. The van der Waals surface area contributed by atoms with Crippen LogP contribution in [0.2, 0.25) is 0 Å². The number of aryl methyl sites for hydroxylation is 2. The predicted octanol–water partition coefficient (Wildman–Crippen LogP) is 3.27. The summed E-state index contributed by atoms with van der Waals surface area (Å²) in [4.78, 5) is 9.55. The molecule has 5 rings (SSSR count). The first-order chi connectivity index (χ1) is 16.0. The van der Waals surface area contributed by atoms with Crippen molar-refractivity contribution in [3.63, 3.8) is 0 Å². The van der Waals surface area contributed by atoms with Crippen molar-refractivity contribution in [3.05, 3.63) is 30.2 Å². The van der Waals surface area contributed by atoms with Gasteiger partial charge in [0.05, 0.1) is 18.0 Å². The minimum atomic E-state index is 0.308. The number of hydrogen-bond acceptors (Lipinski definition) is 8. The van der Waals surface area contributed by atoms with Crippen molar-refractivity contribution in [1.82, 2.24) is 35.3 Å². The van der Waals surface area contributed by atoms with Gasteiger partial charge in [-0.05, 0) is 44.9 Å². The van der Waals surface area contributed by atoms with Crippen LogP contribution in [0.5, 0.6) is 0 Å². The summed E-state index contributed by atoms with van der Waals surface area (Å²) in [6, 6.07) is 7.42. The molecule has 3 aromatic heterocycles. The quantitative estimate of drug-likeness (QED) is 0.435. The Labute approximate surface area is 193 Å². The second kappa shape index (κ2) is 9.19. The first kappa shape index (κ1) is 21.4. The highest BCUT2D eigenvalue weighted by atomic mass is 15.2. The van der Waals surface area contributed by atoms with Crippen LogP contribution in [0.4, 0.5) is 17.6 Å². The molecular formula is C23H30N10. The van der Waals surface area contributed by atoms with Crippen LogP contribution in [-0.2, 0) is 7.05 Å². The molecule has 5 heterocycles. The van der Waals surface area contributed by atoms with Crippen molar-refractivity contribution >= 4 is 17.6 Å². The molecule has 0 aromatic carbocycles. The lowest BCUT2D eigenvalue weighted by Gasteiger charge is -2.43. The largest absolute Gasteiger partial charge is 0.351 e. The number of nitrogens with one attached hydrogen (secondary N) is 4. The normalized spacial score (nSPS) is 24.3. The zero-order valence-electron chi connectivity index (χ0n) is 19.0. The van der Waals surface area contributed by atoms with Crippen LogP contribution in [0.15, 0.2) is 24.5 Å². The lowest BCUT2D eigenvalue weighted by Crippen LogP contribution is -2.54. The third-order valence-electron chi connectivity index (χ3n) is 6.53. The number of nitrogens with zero attached hydrogens (tertiary/aromatic N) is 6. The van der Waals surface area contributed by atoms with E-state index in [0.717, 1.165) is 49.1 Å². The van der Waals surface area contributed by atoms with Gasteiger partial charge in [-0.2, -0.15) is 20.4 Å². The van der Waals surface area contributed by atoms with Gasteiger partial charge in [-0.15, -0.1) is 0 Å². The van der Waals surface area contributed by atoms with Gasteiger partial charge in [0.25, 0.3) is 0 Å². The molecule has 2 bridgehead atoms. The third kappa shape index (κ3) is 5.14. The smallest absolute Gasteiger partial charge is 0.225 e. The van der Waals surface area contributed by atoms with E-state index in [-0.39, 0.29) is 0 Å². The maximum atomic E-state index is 8.92. The fraction of sp³-hybridized carbons (Fsp3) is 0.522. The van der Waals surface area contributed by atoms with Gasteiger partial charge in [-0.3, -0.25) is 9.78 Å². The topological polar surface area (TPSA) is 132 Å². The molecule has 0 spiro atoms. The summed E-state index contributed by atoms with van der Waals surface area (Å²) < 4.78 is 1.77. The molecule has 4 N–H and O–H groups in total. The summed E-state index contributed by atoms with van der Waals surface area (Å²) in [7, 11) is 1.90. The Bertz CT molecular complexity index is 1130. The number of anilines is 3. The van der Waals surface area contributed by atoms with Crippen molar-refractivity contribution in [2.24, 2.45) is 13.0 Å². The summed E-state index contributed by atoms with van der Waals surface area (Å²) in [6.07, 6.45) is 9.77. The van der Waals surface area contributed by atoms with Gasteiger partial charge in [0.2, 0.25) is 5.95 Å². The van der Waals surface area contributed by atoms with Gasteiger partial charge in [0.1, 0.15) is 5.82 Å². The zero-order chi connectivity index (χ0) is 22.8. The monoisotopic (exact) mass is 446 g/mol. The van der Waals surface area contributed by atoms with Crippen LogP contribution in [0, 0.1) is 24.2 Å². The van der Waals surface area contributed by atoms with E-state index in [1.807, 2.05) is 38.5 Å². The Balaban J connectivity index is 1.34. The molecule has 0 amide bonds. The molecule has 10 heteroatoms. The Morgan fingerprint density at radius 1 is 1.15 bits per heavy atom. The Morgan fingerprint density at radius 3 is 2.64 bits per heavy atom. The van der Waals surface area contributed by atoms with E-state index in [1.54, 1.807) is 4.68 Å². The van der Waals surface area contributed by atoms with Gasteiger partial charge >= 0.3 is 0 Å². The molecule has 2 atom stereocenters. The number of H-pyrrole nitrogens is 1. The van der Waals surface area contributed by atoms with Crippen molar-refractivity contribution in [1.29, 1.82) is 5.26 Å². The Hall–Kier alpha value is -3.45. The van der Waals surface area contributed by atoms with Gasteiger partial charge in [0.15, 0.2) is 5.82 Å². The Morgan fingerprint density at radius 2 is 1.97 bits per heavy atom. The van der Waals surface area contributed by atoms with E-state index >= 15 is 0 Å². The molecule has 172 valence electrons. The van der Waals surface area contributed by atoms with E-state index in [4.69, 9.17) is 15.2 Å². The van der Waals surface area contributed by atoms with Crippen LogP contribution in [-0.4, -0.2) is 48.1 Å². The average molecular weight is 447 g/mol. The minimum Gasteiger partial charge on any atom is -0.351 e. The summed E-state index contributed by atoms with van der Waals surface area (Å²) in [6.45, 7) is 1.96. The van der Waals surface area contributed by atoms with Gasteiger partial charge in [-0.25, -0.2) is 4.98 Å². The molecule has 10 nitrogen and oxygen atoms in total. The molecule has 0 saturated carbocycles. The molecule has 2 saturated heterocycles. The molecule has 2 aliphatic rings. The van der Waals surface area contributed by atoms with E-state index in [1.165, 1.54) is 0 Å². The number of piperidine rings is 2. The number of rotatable bonds is 7. The lowest BCUT2D eigenvalue weighted by molar-refractivity contribution is 0.171. The first-order valence-electron chi connectivity index (χ1n) is 11.6. The second-order valence-electron chi connectivity index (χ2n) is 9.33. The van der Waals surface area contributed by atoms with Gasteiger partial charge in [0, 0.05) is 61.2 Å². The number of hydrogen-bond donors (Lipinski definition) is 4. The number of aromatic amines is 1. The van der Waals surface area contributed by atoms with E-state index in [0.29, 0.717) is 48.0 Å². The fourth-order valence-electron chi connectivity index (χ4n) is 5.18. The third-order valence-corrected chi connectivity index (χ3v) is 6.53. The average Bonchev–Trinajstić information content (AvgIpc) is 3.39. The highest BCUT2D eigenvalue weighted by molar-refractivity contribution is 5.65. The van der Waals surface area contributed by atoms with Crippen molar-refractivity contribution in [3.8, 4) is 17.3 Å². The van der Waals surface area contributed by atoms with Crippen LogP contribution < -0.4 is 16.0 Å². The van der Waals surface area contributed by atoms with Crippen molar-refractivity contribution in [2.75, 3.05) is 10.6 Å². The zero-order valence-corrected chi connectivity index (χ0v) is 19.0. The predicted molar refractivity (Wildman–Crippen MR) is 126 cm³/mol. The van der Waals surface area contributed by atoms with Crippen molar-refractivity contribution in [2.45, 2.75) is 63.6 Å². The van der Waals surface area contributed by atoms with Crippen LogP contribution in [0.25, 0.3) is 11.3 Å². The highest BCUT2D eigenvalue weighted by Crippen LogP contribution is 2.33. The SMILES string of the molecule is Cc1cc(Nc2cc(-c3cnn(C)c3)nc(NC3CC4CC(CCC#N)CC(C3)N4)n2)n[nH]1. The summed E-state index contributed by atoms with van der Waals surface area (Å²) in [5.41, 5.74) is 2.72. The molecular weight excluding hydrogens is 416 g/mol. The second-order valence-corrected chi connectivity index (χ2v) is 9.33. The number of aromatic nitrogens is 6. The number of nitriles is 1. The minimum absolute atomic E-state index is 0.308. The summed E-state index contributed by atoms with van der Waals surface area (Å²) in [5.74, 6) is 2.66. The molecule has 3 aromatic rings. The molecule has 2 unspecified atom stereocenters.